The Bertz CT molecular complexity index is 133. The van der Waals surface area contributed by atoms with Crippen LogP contribution in [0.2, 0.25) is 0 Å². The van der Waals surface area contributed by atoms with Crippen molar-refractivity contribution in [2.75, 3.05) is 0 Å². The highest BCUT2D eigenvalue weighted by Gasteiger charge is 1.92. The number of hydrogen-bond acceptors (Lipinski definition) is 3. The molecule has 0 saturated heterocycles. The maximum absolute atomic E-state index is 9.90. The van der Waals surface area contributed by atoms with Crippen LogP contribution in [0.25, 0.3) is 0 Å². The van der Waals surface area contributed by atoms with Crippen molar-refractivity contribution < 1.29 is 9.63 Å². The van der Waals surface area contributed by atoms with Crippen LogP contribution in [0.15, 0.2) is 5.16 Å². The van der Waals surface area contributed by atoms with E-state index in [0.717, 1.165) is 12.1 Å². The number of carbonyl (C=O) groups excluding carboxylic acids is 1. The van der Waals surface area contributed by atoms with E-state index in [1.165, 1.54) is 0 Å². The van der Waals surface area contributed by atoms with Crippen molar-refractivity contribution in [3.63, 3.8) is 0 Å². The zero-order chi connectivity index (χ0) is 7.28. The van der Waals surface area contributed by atoms with Crippen LogP contribution in [0.5, 0.6) is 0 Å². The van der Waals surface area contributed by atoms with Crippen LogP contribution in [0.4, 0.5) is 4.79 Å². The molecule has 0 fully saturated rings. The summed E-state index contributed by atoms with van der Waals surface area (Å²) in [7, 11) is 0. The maximum atomic E-state index is 9.90. The second-order valence-corrected chi connectivity index (χ2v) is 1.82. The van der Waals surface area contributed by atoms with Gasteiger partial charge in [-0.2, -0.15) is 0 Å². The van der Waals surface area contributed by atoms with E-state index in [1.807, 2.05) is 6.92 Å². The molecule has 0 aliphatic heterocycles. The van der Waals surface area contributed by atoms with E-state index >= 15 is 0 Å². The van der Waals surface area contributed by atoms with E-state index in [-0.39, 0.29) is 0 Å². The van der Waals surface area contributed by atoms with Crippen LogP contribution in [0, 0.1) is 0 Å². The molecule has 0 rings (SSSR count). The van der Waals surface area contributed by atoms with E-state index in [1.54, 1.807) is 6.92 Å². The number of nitrogens with zero attached hydrogens (tertiary/aromatic N) is 1. The lowest BCUT2D eigenvalue weighted by atomic mass is 10.3. The summed E-state index contributed by atoms with van der Waals surface area (Å²) >= 11 is 4.81. The molecule has 0 N–H and O–H groups in total. The Kier molecular flexibility index (Phi) is 4.05. The Morgan fingerprint density at radius 1 is 1.78 bits per heavy atom. The summed E-state index contributed by atoms with van der Waals surface area (Å²) < 4.78 is 0. The predicted octanol–water partition coefficient (Wildman–Crippen LogP) is 2.15. The number of carbonyl (C=O) groups is 1. The Balaban J connectivity index is 3.56. The predicted molar refractivity (Wildman–Crippen MR) is 35.7 cm³/mol. The van der Waals surface area contributed by atoms with Gasteiger partial charge in [-0.25, -0.2) is 4.79 Å². The topological polar surface area (TPSA) is 38.7 Å². The van der Waals surface area contributed by atoms with E-state index in [9.17, 15) is 4.79 Å². The summed E-state index contributed by atoms with van der Waals surface area (Å²) in [5.74, 6) is 0. The third kappa shape index (κ3) is 5.30. The van der Waals surface area contributed by atoms with E-state index in [2.05, 4.69) is 9.99 Å². The standard InChI is InChI=1S/C5H8ClNO2/c1-3-4(2)7-9-5(6)8/h3H2,1-2H3/b7-4+. The third-order valence-corrected chi connectivity index (χ3v) is 0.854. The van der Waals surface area contributed by atoms with Crippen LogP contribution in [-0.2, 0) is 4.84 Å². The van der Waals surface area contributed by atoms with Crippen molar-refractivity contribution in [2.24, 2.45) is 5.16 Å². The second kappa shape index (κ2) is 4.32. The summed E-state index contributed by atoms with van der Waals surface area (Å²) in [4.78, 5) is 14.0. The molecule has 0 spiro atoms. The maximum Gasteiger partial charge on any atom is 0.429 e. The van der Waals surface area contributed by atoms with E-state index in [4.69, 9.17) is 11.6 Å². The molecule has 0 radical (unpaired) electrons. The van der Waals surface area contributed by atoms with Crippen LogP contribution < -0.4 is 0 Å². The molecule has 0 amide bonds. The lowest BCUT2D eigenvalue weighted by Gasteiger charge is -1.90. The van der Waals surface area contributed by atoms with Gasteiger partial charge in [0.15, 0.2) is 0 Å². The zero-order valence-corrected chi connectivity index (χ0v) is 6.10. The Hall–Kier alpha value is -0.570. The fourth-order valence-electron chi connectivity index (χ4n) is 0.178. The smallest absolute Gasteiger partial charge is 0.302 e. The average molecular weight is 150 g/mol. The Labute approximate surface area is 58.6 Å². The van der Waals surface area contributed by atoms with Crippen molar-refractivity contribution in [2.45, 2.75) is 20.3 Å². The van der Waals surface area contributed by atoms with Crippen molar-refractivity contribution in [3.05, 3.63) is 0 Å². The average Bonchev–Trinajstić information content (AvgIpc) is 1.83. The molecule has 0 aliphatic rings. The molecule has 0 unspecified atom stereocenters. The van der Waals surface area contributed by atoms with Crippen LogP contribution in [-0.4, -0.2) is 11.1 Å². The lowest BCUT2D eigenvalue weighted by molar-refractivity contribution is 0.178. The van der Waals surface area contributed by atoms with Crippen molar-refractivity contribution in [1.82, 2.24) is 0 Å². The van der Waals surface area contributed by atoms with Gasteiger partial charge in [0, 0.05) is 11.6 Å². The van der Waals surface area contributed by atoms with E-state index < -0.39 is 5.43 Å². The molecule has 0 aliphatic carbocycles. The van der Waals surface area contributed by atoms with Crippen molar-refractivity contribution >= 4 is 22.7 Å². The highest BCUT2D eigenvalue weighted by Crippen LogP contribution is 1.90. The minimum absolute atomic E-state index is 0.740. The quantitative estimate of drug-likeness (QED) is 0.261. The Morgan fingerprint density at radius 2 is 2.33 bits per heavy atom. The Morgan fingerprint density at radius 3 is 2.67 bits per heavy atom. The molecule has 0 aromatic heterocycles. The summed E-state index contributed by atoms with van der Waals surface area (Å²) in [6.45, 7) is 3.65. The van der Waals surface area contributed by atoms with Crippen LogP contribution >= 0.6 is 11.6 Å². The van der Waals surface area contributed by atoms with E-state index in [0.29, 0.717) is 0 Å². The largest absolute Gasteiger partial charge is 0.429 e. The van der Waals surface area contributed by atoms with Gasteiger partial charge in [-0.05, 0) is 13.3 Å². The molecule has 0 aromatic rings. The minimum Gasteiger partial charge on any atom is -0.302 e. The third-order valence-electron chi connectivity index (χ3n) is 0.785. The zero-order valence-electron chi connectivity index (χ0n) is 5.35. The number of oxime groups is 1. The highest BCUT2D eigenvalue weighted by molar-refractivity contribution is 6.61. The van der Waals surface area contributed by atoms with Gasteiger partial charge in [-0.15, -0.1) is 0 Å². The number of halogens is 1. The van der Waals surface area contributed by atoms with Gasteiger partial charge >= 0.3 is 5.43 Å². The molecule has 9 heavy (non-hydrogen) atoms. The summed E-state index contributed by atoms with van der Waals surface area (Å²) in [5, 5.41) is 3.38. The molecule has 0 heterocycles. The van der Waals surface area contributed by atoms with Gasteiger partial charge in [0.1, 0.15) is 0 Å². The SMILES string of the molecule is CC/C(C)=N/OC(=O)Cl. The number of hydrogen-bond donors (Lipinski definition) is 0. The monoisotopic (exact) mass is 149 g/mol. The van der Waals surface area contributed by atoms with Gasteiger partial charge in [-0.3, -0.25) is 0 Å². The molecule has 0 bridgehead atoms. The summed E-state index contributed by atoms with van der Waals surface area (Å²) in [5.41, 5.74) is -0.160. The first-order valence-electron chi connectivity index (χ1n) is 2.56. The first-order chi connectivity index (χ1) is 4.16. The fourth-order valence-corrected chi connectivity index (χ4v) is 0.213. The molecule has 3 nitrogen and oxygen atoms in total. The van der Waals surface area contributed by atoms with Gasteiger partial charge in [0.05, 0.1) is 5.71 Å². The van der Waals surface area contributed by atoms with Gasteiger partial charge in [0.2, 0.25) is 0 Å². The van der Waals surface area contributed by atoms with Crippen LogP contribution in [0.1, 0.15) is 20.3 Å². The van der Waals surface area contributed by atoms with Crippen LogP contribution in [0.3, 0.4) is 0 Å². The van der Waals surface area contributed by atoms with Crippen molar-refractivity contribution in [1.29, 1.82) is 0 Å². The van der Waals surface area contributed by atoms with Crippen molar-refractivity contribution in [3.8, 4) is 0 Å². The summed E-state index contributed by atoms with van der Waals surface area (Å²) in [6.07, 6.45) is 0.754. The molecular weight excluding hydrogens is 142 g/mol. The first-order valence-corrected chi connectivity index (χ1v) is 2.94. The minimum atomic E-state index is -0.900. The van der Waals surface area contributed by atoms with Gasteiger partial charge in [-0.1, -0.05) is 12.1 Å². The molecule has 4 heteroatoms. The first kappa shape index (κ1) is 8.43. The molecular formula is C5H8ClNO2. The molecule has 0 saturated carbocycles. The lowest BCUT2D eigenvalue weighted by Crippen LogP contribution is -1.91. The molecule has 0 atom stereocenters. The molecule has 0 aromatic carbocycles. The van der Waals surface area contributed by atoms with Gasteiger partial charge in [0.25, 0.3) is 0 Å². The number of rotatable bonds is 2. The second-order valence-electron chi connectivity index (χ2n) is 1.51. The molecule has 52 valence electrons. The van der Waals surface area contributed by atoms with Gasteiger partial charge < -0.3 is 4.84 Å². The fraction of sp³-hybridized carbons (Fsp3) is 0.600. The normalized spacial score (nSPS) is 11.2. The highest BCUT2D eigenvalue weighted by atomic mass is 35.5. The summed E-state index contributed by atoms with van der Waals surface area (Å²) in [6, 6.07) is 0.